The molecule has 1 rings (SSSR count). The van der Waals surface area contributed by atoms with Gasteiger partial charge in [0.25, 0.3) is 0 Å². The second-order valence-corrected chi connectivity index (χ2v) is 4.81. The molecule has 0 aromatic heterocycles. The van der Waals surface area contributed by atoms with Gasteiger partial charge in [0.2, 0.25) is 0 Å². The highest BCUT2D eigenvalue weighted by atomic mass is 19.1. The van der Waals surface area contributed by atoms with Crippen LogP contribution in [-0.2, 0) is 0 Å². The Morgan fingerprint density at radius 1 is 1.28 bits per heavy atom. The van der Waals surface area contributed by atoms with Gasteiger partial charge < -0.3 is 0 Å². The third-order valence-corrected chi connectivity index (χ3v) is 2.66. The average Bonchev–Trinajstić information content (AvgIpc) is 2.31. The molecule has 0 bridgehead atoms. The first-order chi connectivity index (χ1) is 8.54. The van der Waals surface area contributed by atoms with Gasteiger partial charge in [-0.25, -0.2) is 4.39 Å². The molecule has 18 heavy (non-hydrogen) atoms. The van der Waals surface area contributed by atoms with Crippen molar-refractivity contribution in [3.8, 4) is 0 Å². The number of hydrogen-bond donors (Lipinski definition) is 0. The Hall–Kier alpha value is -1.63. The molecule has 0 radical (unpaired) electrons. The molecule has 0 fully saturated rings. The van der Waals surface area contributed by atoms with Crippen molar-refractivity contribution in [3.63, 3.8) is 0 Å². The van der Waals surface area contributed by atoms with Crippen LogP contribution in [0.1, 0.15) is 32.8 Å². The van der Waals surface area contributed by atoms with Crippen molar-refractivity contribution in [2.24, 2.45) is 5.92 Å². The van der Waals surface area contributed by atoms with E-state index in [0.29, 0.717) is 11.5 Å². The molecule has 0 nitrogen and oxygen atoms in total. The maximum atomic E-state index is 13.7. The van der Waals surface area contributed by atoms with Crippen LogP contribution in [0.5, 0.6) is 0 Å². The van der Waals surface area contributed by atoms with Crippen LogP contribution in [0.3, 0.4) is 0 Å². The standard InChI is InChI=1S/C17H21F/c1-5-15(11-10-14(4)12-13(2)3)16-8-6-7-9-17(16)18/h5-11,13H,4,12H2,1-3H3/b11-10-,15-5+. The zero-order chi connectivity index (χ0) is 13.5. The number of benzene rings is 1. The summed E-state index contributed by atoms with van der Waals surface area (Å²) in [5.74, 6) is 0.398. The summed E-state index contributed by atoms with van der Waals surface area (Å²) in [4.78, 5) is 0. The molecule has 0 spiro atoms. The molecule has 96 valence electrons. The van der Waals surface area contributed by atoms with E-state index in [-0.39, 0.29) is 5.82 Å². The van der Waals surface area contributed by atoms with Crippen molar-refractivity contribution in [2.45, 2.75) is 27.2 Å². The SMILES string of the molecule is C=C(/C=C\C(=C/C)c1ccccc1F)CC(C)C. The van der Waals surface area contributed by atoms with Crippen LogP contribution in [0.15, 0.2) is 54.6 Å². The first-order valence-corrected chi connectivity index (χ1v) is 6.31. The van der Waals surface area contributed by atoms with Crippen LogP contribution in [0.25, 0.3) is 5.57 Å². The summed E-state index contributed by atoms with van der Waals surface area (Å²) in [7, 11) is 0. The normalized spacial score (nSPS) is 12.4. The van der Waals surface area contributed by atoms with Gasteiger partial charge in [0.1, 0.15) is 5.82 Å². The van der Waals surface area contributed by atoms with Gasteiger partial charge in [-0.3, -0.25) is 0 Å². The molecule has 0 N–H and O–H groups in total. The fraction of sp³-hybridized carbons (Fsp3) is 0.294. The van der Waals surface area contributed by atoms with E-state index in [1.54, 1.807) is 12.1 Å². The summed E-state index contributed by atoms with van der Waals surface area (Å²) in [5.41, 5.74) is 2.59. The highest BCUT2D eigenvalue weighted by molar-refractivity contribution is 5.74. The smallest absolute Gasteiger partial charge is 0.131 e. The van der Waals surface area contributed by atoms with Crippen LogP contribution in [-0.4, -0.2) is 0 Å². The van der Waals surface area contributed by atoms with E-state index in [0.717, 1.165) is 17.6 Å². The van der Waals surface area contributed by atoms with E-state index in [1.165, 1.54) is 6.07 Å². The van der Waals surface area contributed by atoms with Gasteiger partial charge >= 0.3 is 0 Å². The molecule has 0 amide bonds. The third-order valence-electron chi connectivity index (χ3n) is 2.66. The van der Waals surface area contributed by atoms with Crippen molar-refractivity contribution < 1.29 is 4.39 Å². The Morgan fingerprint density at radius 2 is 1.94 bits per heavy atom. The zero-order valence-corrected chi connectivity index (χ0v) is 11.4. The van der Waals surface area contributed by atoms with Gasteiger partial charge in [-0.1, -0.05) is 62.4 Å². The molecule has 0 aliphatic heterocycles. The fourth-order valence-corrected chi connectivity index (χ4v) is 1.84. The molecule has 0 saturated carbocycles. The minimum absolute atomic E-state index is 0.190. The van der Waals surface area contributed by atoms with Gasteiger partial charge in [0, 0.05) is 5.56 Å². The largest absolute Gasteiger partial charge is 0.206 e. The molecule has 1 aromatic rings. The molecular weight excluding hydrogens is 223 g/mol. The van der Waals surface area contributed by atoms with E-state index < -0.39 is 0 Å². The van der Waals surface area contributed by atoms with Gasteiger partial charge in [0.15, 0.2) is 0 Å². The number of allylic oxidation sites excluding steroid dienone is 5. The molecule has 0 atom stereocenters. The van der Waals surface area contributed by atoms with Crippen molar-refractivity contribution in [2.75, 3.05) is 0 Å². The summed E-state index contributed by atoms with van der Waals surface area (Å²) in [6, 6.07) is 6.82. The van der Waals surface area contributed by atoms with Crippen molar-refractivity contribution in [1.82, 2.24) is 0 Å². The fourth-order valence-electron chi connectivity index (χ4n) is 1.84. The quantitative estimate of drug-likeness (QED) is 0.609. The number of halogens is 1. The van der Waals surface area contributed by atoms with Crippen LogP contribution < -0.4 is 0 Å². The van der Waals surface area contributed by atoms with Crippen molar-refractivity contribution >= 4 is 5.57 Å². The first kappa shape index (κ1) is 14.4. The first-order valence-electron chi connectivity index (χ1n) is 6.31. The van der Waals surface area contributed by atoms with Gasteiger partial charge in [-0.15, -0.1) is 0 Å². The molecule has 1 heteroatoms. The van der Waals surface area contributed by atoms with E-state index in [4.69, 9.17) is 0 Å². The summed E-state index contributed by atoms with van der Waals surface area (Å²) in [6.45, 7) is 10.2. The summed E-state index contributed by atoms with van der Waals surface area (Å²) in [5, 5.41) is 0. The Kier molecular flexibility index (Phi) is 5.57. The van der Waals surface area contributed by atoms with E-state index in [9.17, 15) is 4.39 Å². The number of rotatable bonds is 5. The lowest BCUT2D eigenvalue weighted by Crippen LogP contribution is -1.89. The highest BCUT2D eigenvalue weighted by Crippen LogP contribution is 2.20. The predicted octanol–water partition coefficient (Wildman–Crippen LogP) is 5.39. The second-order valence-electron chi connectivity index (χ2n) is 4.81. The highest BCUT2D eigenvalue weighted by Gasteiger charge is 2.03. The van der Waals surface area contributed by atoms with E-state index in [1.807, 2.05) is 31.2 Å². The lowest BCUT2D eigenvalue weighted by Gasteiger charge is -2.06. The van der Waals surface area contributed by atoms with Crippen molar-refractivity contribution in [1.29, 1.82) is 0 Å². The maximum absolute atomic E-state index is 13.7. The Bertz CT molecular complexity index is 464. The Balaban J connectivity index is 2.85. The topological polar surface area (TPSA) is 0 Å². The van der Waals surface area contributed by atoms with E-state index >= 15 is 0 Å². The number of hydrogen-bond acceptors (Lipinski definition) is 0. The molecule has 1 aromatic carbocycles. The molecule has 0 unspecified atom stereocenters. The Labute approximate surface area is 110 Å². The summed E-state index contributed by atoms with van der Waals surface area (Å²) < 4.78 is 13.7. The molecule has 0 aliphatic rings. The van der Waals surface area contributed by atoms with Gasteiger partial charge in [-0.05, 0) is 30.9 Å². The van der Waals surface area contributed by atoms with Crippen LogP contribution in [0, 0.1) is 11.7 Å². The van der Waals surface area contributed by atoms with E-state index in [2.05, 4.69) is 20.4 Å². The average molecular weight is 244 g/mol. The second kappa shape index (κ2) is 6.95. The van der Waals surface area contributed by atoms with Crippen LogP contribution in [0.4, 0.5) is 4.39 Å². The molecule has 0 saturated heterocycles. The van der Waals surface area contributed by atoms with Crippen molar-refractivity contribution in [3.05, 3.63) is 66.0 Å². The van der Waals surface area contributed by atoms with Gasteiger partial charge in [-0.2, -0.15) is 0 Å². The zero-order valence-electron chi connectivity index (χ0n) is 11.4. The van der Waals surface area contributed by atoms with Crippen LogP contribution in [0.2, 0.25) is 0 Å². The lowest BCUT2D eigenvalue weighted by molar-refractivity contribution is 0.624. The Morgan fingerprint density at radius 3 is 2.50 bits per heavy atom. The summed E-state index contributed by atoms with van der Waals surface area (Å²) >= 11 is 0. The predicted molar refractivity (Wildman–Crippen MR) is 77.8 cm³/mol. The molecular formula is C17H21F. The van der Waals surface area contributed by atoms with Crippen LogP contribution >= 0.6 is 0 Å². The maximum Gasteiger partial charge on any atom is 0.131 e. The minimum atomic E-state index is -0.190. The minimum Gasteiger partial charge on any atom is -0.206 e. The third kappa shape index (κ3) is 4.33. The van der Waals surface area contributed by atoms with Gasteiger partial charge in [0.05, 0.1) is 0 Å². The lowest BCUT2D eigenvalue weighted by atomic mass is 10.0. The molecule has 0 heterocycles. The molecule has 0 aliphatic carbocycles. The summed E-state index contributed by atoms with van der Waals surface area (Å²) in [6.07, 6.45) is 6.78. The monoisotopic (exact) mass is 244 g/mol.